The standard InChI is InChI=1S/C42H26N2O/c1-3-11-29(12-4-1)43-37-17-9-7-15-31(37)35-25-36-32-21-19-27(28-20-22-34-33-16-8-10-18-41(33)45-42(34)24-28)23-38(32)44(40(36)26-39(35)43)30-13-5-2-6-14-30/h1-26H. The largest absolute Gasteiger partial charge is 0.456 e. The predicted octanol–water partition coefficient (Wildman–Crippen LogP) is 11.4. The molecule has 0 aliphatic heterocycles. The maximum absolute atomic E-state index is 6.25. The lowest BCUT2D eigenvalue weighted by Gasteiger charge is -2.10. The molecule has 10 rings (SSSR count). The number of para-hydroxylation sites is 4. The van der Waals surface area contributed by atoms with Crippen LogP contribution >= 0.6 is 0 Å². The zero-order valence-electron chi connectivity index (χ0n) is 24.3. The van der Waals surface area contributed by atoms with Crippen molar-refractivity contribution in [2.45, 2.75) is 0 Å². The van der Waals surface area contributed by atoms with E-state index in [0.717, 1.165) is 44.4 Å². The molecule has 7 aromatic carbocycles. The number of aromatic nitrogens is 2. The first kappa shape index (κ1) is 24.4. The zero-order valence-corrected chi connectivity index (χ0v) is 24.3. The van der Waals surface area contributed by atoms with Crippen LogP contribution in [0.2, 0.25) is 0 Å². The molecule has 3 aromatic heterocycles. The number of hydrogen-bond acceptors (Lipinski definition) is 1. The first-order chi connectivity index (χ1) is 22.3. The van der Waals surface area contributed by atoms with Gasteiger partial charge in [0, 0.05) is 43.7 Å². The Bertz CT molecular complexity index is 2740. The van der Waals surface area contributed by atoms with Crippen molar-refractivity contribution >= 4 is 65.6 Å². The maximum atomic E-state index is 6.25. The Morgan fingerprint density at radius 1 is 0.311 bits per heavy atom. The van der Waals surface area contributed by atoms with Gasteiger partial charge in [-0.15, -0.1) is 0 Å². The Hall–Kier alpha value is -6.06. The van der Waals surface area contributed by atoms with Gasteiger partial charge in [-0.3, -0.25) is 0 Å². The van der Waals surface area contributed by atoms with Crippen LogP contribution in [0.1, 0.15) is 0 Å². The summed E-state index contributed by atoms with van der Waals surface area (Å²) in [4.78, 5) is 0. The average molecular weight is 575 g/mol. The molecule has 10 aromatic rings. The lowest BCUT2D eigenvalue weighted by atomic mass is 10.0. The quantitative estimate of drug-likeness (QED) is 0.206. The van der Waals surface area contributed by atoms with Gasteiger partial charge in [0.15, 0.2) is 0 Å². The fourth-order valence-corrected chi connectivity index (χ4v) is 7.27. The van der Waals surface area contributed by atoms with Gasteiger partial charge in [-0.25, -0.2) is 0 Å². The molecular formula is C42H26N2O. The summed E-state index contributed by atoms with van der Waals surface area (Å²) in [6.07, 6.45) is 0. The molecule has 0 saturated heterocycles. The molecule has 0 radical (unpaired) electrons. The number of benzene rings is 7. The third kappa shape index (κ3) is 3.52. The molecule has 3 nitrogen and oxygen atoms in total. The SMILES string of the molecule is c1ccc(-n2c3ccccc3c3cc4c5ccc(-c6ccc7c(c6)oc6ccccc67)cc5n(-c5ccccc5)c4cc32)cc1. The minimum absolute atomic E-state index is 0.911. The van der Waals surface area contributed by atoms with Crippen molar-refractivity contribution in [2.24, 2.45) is 0 Å². The molecular weight excluding hydrogens is 548 g/mol. The van der Waals surface area contributed by atoms with Crippen molar-refractivity contribution in [2.75, 3.05) is 0 Å². The molecule has 0 fully saturated rings. The smallest absolute Gasteiger partial charge is 0.136 e. The summed E-state index contributed by atoms with van der Waals surface area (Å²) in [5.41, 5.74) is 11.2. The molecule has 3 heteroatoms. The molecule has 0 atom stereocenters. The van der Waals surface area contributed by atoms with Crippen molar-refractivity contribution in [3.8, 4) is 22.5 Å². The van der Waals surface area contributed by atoms with Crippen LogP contribution in [0.15, 0.2) is 162 Å². The number of nitrogens with zero attached hydrogens (tertiary/aromatic N) is 2. The van der Waals surface area contributed by atoms with E-state index in [1.165, 1.54) is 43.6 Å². The van der Waals surface area contributed by atoms with E-state index in [1.807, 2.05) is 12.1 Å². The molecule has 0 N–H and O–H groups in total. The second-order valence-electron chi connectivity index (χ2n) is 11.8. The van der Waals surface area contributed by atoms with Gasteiger partial charge in [-0.2, -0.15) is 0 Å². The van der Waals surface area contributed by atoms with Crippen LogP contribution in [0.4, 0.5) is 0 Å². The third-order valence-corrected chi connectivity index (χ3v) is 9.30. The van der Waals surface area contributed by atoms with Crippen LogP contribution < -0.4 is 0 Å². The Morgan fingerprint density at radius 3 is 1.56 bits per heavy atom. The average Bonchev–Trinajstić information content (AvgIpc) is 3.74. The van der Waals surface area contributed by atoms with E-state index < -0.39 is 0 Å². The maximum Gasteiger partial charge on any atom is 0.136 e. The van der Waals surface area contributed by atoms with Crippen LogP contribution in [-0.4, -0.2) is 9.13 Å². The summed E-state index contributed by atoms with van der Waals surface area (Å²) in [5, 5.41) is 7.30. The van der Waals surface area contributed by atoms with Crippen molar-refractivity contribution in [1.29, 1.82) is 0 Å². The summed E-state index contributed by atoms with van der Waals surface area (Å²) in [6.45, 7) is 0. The second-order valence-corrected chi connectivity index (χ2v) is 11.8. The highest BCUT2D eigenvalue weighted by Gasteiger charge is 2.19. The Balaban J connectivity index is 1.28. The van der Waals surface area contributed by atoms with Gasteiger partial charge in [0.25, 0.3) is 0 Å². The van der Waals surface area contributed by atoms with E-state index in [-0.39, 0.29) is 0 Å². The fraction of sp³-hybridized carbons (Fsp3) is 0. The van der Waals surface area contributed by atoms with E-state index >= 15 is 0 Å². The lowest BCUT2D eigenvalue weighted by Crippen LogP contribution is -1.95. The molecule has 210 valence electrons. The minimum Gasteiger partial charge on any atom is -0.456 e. The highest BCUT2D eigenvalue weighted by Crippen LogP contribution is 2.41. The molecule has 3 heterocycles. The summed E-state index contributed by atoms with van der Waals surface area (Å²) >= 11 is 0. The molecule has 0 bridgehead atoms. The summed E-state index contributed by atoms with van der Waals surface area (Å²) in [5.74, 6) is 0. The van der Waals surface area contributed by atoms with Crippen molar-refractivity contribution in [1.82, 2.24) is 9.13 Å². The van der Waals surface area contributed by atoms with Gasteiger partial charge in [0.05, 0.1) is 22.1 Å². The molecule has 0 unspecified atom stereocenters. The summed E-state index contributed by atoms with van der Waals surface area (Å²) in [7, 11) is 0. The van der Waals surface area contributed by atoms with Crippen molar-refractivity contribution < 1.29 is 4.42 Å². The van der Waals surface area contributed by atoms with Gasteiger partial charge in [-0.1, -0.05) is 91.0 Å². The van der Waals surface area contributed by atoms with Crippen LogP contribution in [0.3, 0.4) is 0 Å². The van der Waals surface area contributed by atoms with E-state index in [1.54, 1.807) is 0 Å². The van der Waals surface area contributed by atoms with Crippen LogP contribution in [0, 0.1) is 0 Å². The van der Waals surface area contributed by atoms with Gasteiger partial charge >= 0.3 is 0 Å². The Morgan fingerprint density at radius 2 is 0.822 bits per heavy atom. The highest BCUT2D eigenvalue weighted by atomic mass is 16.3. The van der Waals surface area contributed by atoms with E-state index in [0.29, 0.717) is 0 Å². The number of rotatable bonds is 3. The summed E-state index contributed by atoms with van der Waals surface area (Å²) in [6, 6.07) is 56.6. The van der Waals surface area contributed by atoms with Gasteiger partial charge < -0.3 is 13.6 Å². The zero-order chi connectivity index (χ0) is 29.5. The molecule has 0 amide bonds. The first-order valence-electron chi connectivity index (χ1n) is 15.4. The molecule has 0 spiro atoms. The molecule has 0 aliphatic carbocycles. The lowest BCUT2D eigenvalue weighted by molar-refractivity contribution is 0.669. The topological polar surface area (TPSA) is 23.0 Å². The van der Waals surface area contributed by atoms with E-state index in [4.69, 9.17) is 4.42 Å². The molecule has 0 aliphatic rings. The monoisotopic (exact) mass is 574 g/mol. The van der Waals surface area contributed by atoms with E-state index in [2.05, 4.69) is 155 Å². The van der Waals surface area contributed by atoms with Gasteiger partial charge in [0.1, 0.15) is 11.2 Å². The number of hydrogen-bond donors (Lipinski definition) is 0. The van der Waals surface area contributed by atoms with Crippen LogP contribution in [0.5, 0.6) is 0 Å². The normalized spacial score (nSPS) is 12.0. The number of fused-ring (bicyclic) bond motifs is 9. The predicted molar refractivity (Wildman–Crippen MR) is 188 cm³/mol. The number of furan rings is 1. The fourth-order valence-electron chi connectivity index (χ4n) is 7.27. The van der Waals surface area contributed by atoms with Gasteiger partial charge in [0.2, 0.25) is 0 Å². The molecule has 45 heavy (non-hydrogen) atoms. The van der Waals surface area contributed by atoms with Crippen LogP contribution in [-0.2, 0) is 0 Å². The van der Waals surface area contributed by atoms with Crippen molar-refractivity contribution in [3.05, 3.63) is 158 Å². The second kappa shape index (κ2) is 9.22. The third-order valence-electron chi connectivity index (χ3n) is 9.30. The Labute approximate surface area is 258 Å². The highest BCUT2D eigenvalue weighted by molar-refractivity contribution is 6.19. The summed E-state index contributed by atoms with van der Waals surface area (Å²) < 4.78 is 11.1. The van der Waals surface area contributed by atoms with E-state index in [9.17, 15) is 0 Å². The van der Waals surface area contributed by atoms with Crippen LogP contribution in [0.25, 0.3) is 88.1 Å². The molecule has 0 saturated carbocycles. The first-order valence-corrected chi connectivity index (χ1v) is 15.4. The Kier molecular flexibility index (Phi) is 5.00. The van der Waals surface area contributed by atoms with Gasteiger partial charge in [-0.05, 0) is 77.9 Å². The minimum atomic E-state index is 0.911. The van der Waals surface area contributed by atoms with Crippen molar-refractivity contribution in [3.63, 3.8) is 0 Å².